The van der Waals surface area contributed by atoms with Gasteiger partial charge in [0.05, 0.1) is 12.1 Å². The summed E-state index contributed by atoms with van der Waals surface area (Å²) in [5.74, 6) is -1.08. The van der Waals surface area contributed by atoms with Gasteiger partial charge in [0, 0.05) is 0 Å². The van der Waals surface area contributed by atoms with Gasteiger partial charge in [0.2, 0.25) is 0 Å². The predicted octanol–water partition coefficient (Wildman–Crippen LogP) is 0.681. The number of aromatic carboxylic acids is 1. The lowest BCUT2D eigenvalue weighted by atomic mass is 10.1. The Morgan fingerprint density at radius 1 is 1.33 bits per heavy atom. The number of ether oxygens (including phenoxy) is 1. The summed E-state index contributed by atoms with van der Waals surface area (Å²) in [5.41, 5.74) is 0.494. The SMILES string of the molecule is O=COCCON(O)Cc1ccccc1C(=O)O. The lowest BCUT2D eigenvalue weighted by Crippen LogP contribution is -2.22. The standard InChI is InChI=1S/C11H13NO6/c13-8-17-5-6-18-12(16)7-9-3-1-2-4-10(9)11(14)15/h1-4,8,16H,5-7H2,(H,14,15). The van der Waals surface area contributed by atoms with Crippen molar-refractivity contribution in [2.45, 2.75) is 6.54 Å². The number of hydroxylamine groups is 2. The molecule has 0 spiro atoms. The Bertz CT molecular complexity index is 408. The Balaban J connectivity index is 2.51. The summed E-state index contributed by atoms with van der Waals surface area (Å²) < 4.78 is 4.36. The highest BCUT2D eigenvalue weighted by Gasteiger charge is 2.11. The third kappa shape index (κ3) is 4.50. The van der Waals surface area contributed by atoms with E-state index in [9.17, 15) is 14.8 Å². The number of carbonyl (C=O) groups excluding carboxylic acids is 1. The highest BCUT2D eigenvalue weighted by Crippen LogP contribution is 2.11. The molecule has 2 N–H and O–H groups in total. The molecule has 1 aromatic carbocycles. The first kappa shape index (κ1) is 14.1. The van der Waals surface area contributed by atoms with Crippen LogP contribution in [-0.4, -0.2) is 41.2 Å². The molecule has 1 rings (SSSR count). The molecule has 0 aliphatic heterocycles. The largest absolute Gasteiger partial charge is 0.478 e. The van der Waals surface area contributed by atoms with E-state index in [1.807, 2.05) is 0 Å². The molecule has 0 saturated carbocycles. The fourth-order valence-corrected chi connectivity index (χ4v) is 1.30. The van der Waals surface area contributed by atoms with Gasteiger partial charge in [0.25, 0.3) is 6.47 Å². The molecule has 0 unspecified atom stereocenters. The Hall–Kier alpha value is -1.96. The van der Waals surface area contributed by atoms with Crippen molar-refractivity contribution in [1.29, 1.82) is 0 Å². The van der Waals surface area contributed by atoms with Gasteiger partial charge >= 0.3 is 5.97 Å². The van der Waals surface area contributed by atoms with Gasteiger partial charge in [-0.2, -0.15) is 0 Å². The summed E-state index contributed by atoms with van der Waals surface area (Å²) in [4.78, 5) is 25.5. The molecule has 0 saturated heterocycles. The van der Waals surface area contributed by atoms with Crippen LogP contribution in [0.4, 0.5) is 0 Å². The topological polar surface area (TPSA) is 96.3 Å². The lowest BCUT2D eigenvalue weighted by Gasteiger charge is -2.15. The van der Waals surface area contributed by atoms with Crippen LogP contribution in [-0.2, 0) is 20.9 Å². The maximum atomic E-state index is 10.9. The monoisotopic (exact) mass is 255 g/mol. The number of carboxylic acid groups (broad SMARTS) is 1. The normalized spacial score (nSPS) is 10.3. The van der Waals surface area contributed by atoms with Crippen LogP contribution < -0.4 is 0 Å². The van der Waals surface area contributed by atoms with Crippen molar-refractivity contribution >= 4 is 12.4 Å². The Morgan fingerprint density at radius 3 is 2.72 bits per heavy atom. The van der Waals surface area contributed by atoms with E-state index < -0.39 is 5.97 Å². The van der Waals surface area contributed by atoms with Crippen LogP contribution >= 0.6 is 0 Å². The zero-order valence-electron chi connectivity index (χ0n) is 9.48. The van der Waals surface area contributed by atoms with E-state index in [1.165, 1.54) is 6.07 Å². The fraction of sp³-hybridized carbons (Fsp3) is 0.273. The van der Waals surface area contributed by atoms with E-state index in [0.717, 1.165) is 0 Å². The summed E-state index contributed by atoms with van der Waals surface area (Å²) >= 11 is 0. The van der Waals surface area contributed by atoms with Gasteiger partial charge < -0.3 is 9.84 Å². The number of benzene rings is 1. The van der Waals surface area contributed by atoms with Crippen molar-refractivity contribution in [3.8, 4) is 0 Å². The molecule has 18 heavy (non-hydrogen) atoms. The van der Waals surface area contributed by atoms with Crippen LogP contribution in [0.5, 0.6) is 0 Å². The Morgan fingerprint density at radius 2 is 2.06 bits per heavy atom. The zero-order valence-corrected chi connectivity index (χ0v) is 9.48. The van der Waals surface area contributed by atoms with E-state index in [-0.39, 0.29) is 31.8 Å². The van der Waals surface area contributed by atoms with E-state index in [0.29, 0.717) is 10.8 Å². The second kappa shape index (κ2) is 7.38. The first-order valence-electron chi connectivity index (χ1n) is 5.11. The van der Waals surface area contributed by atoms with Crippen molar-refractivity contribution < 1.29 is 29.5 Å². The van der Waals surface area contributed by atoms with Gasteiger partial charge in [-0.15, -0.1) is 0 Å². The predicted molar refractivity (Wildman–Crippen MR) is 58.7 cm³/mol. The molecular formula is C11H13NO6. The highest BCUT2D eigenvalue weighted by molar-refractivity contribution is 5.89. The number of hydrogen-bond donors (Lipinski definition) is 2. The van der Waals surface area contributed by atoms with Crippen molar-refractivity contribution in [1.82, 2.24) is 5.23 Å². The summed E-state index contributed by atoms with van der Waals surface area (Å²) in [6.07, 6.45) is 0. The van der Waals surface area contributed by atoms with Crippen LogP contribution in [0.3, 0.4) is 0 Å². The van der Waals surface area contributed by atoms with Crippen LogP contribution in [0.25, 0.3) is 0 Å². The summed E-state index contributed by atoms with van der Waals surface area (Å²) in [5, 5.41) is 18.8. The minimum Gasteiger partial charge on any atom is -0.478 e. The average molecular weight is 255 g/mol. The minimum atomic E-state index is -1.08. The maximum Gasteiger partial charge on any atom is 0.336 e. The Labute approximate surface area is 103 Å². The van der Waals surface area contributed by atoms with Gasteiger partial charge in [-0.25, -0.2) is 4.79 Å². The van der Waals surface area contributed by atoms with E-state index in [2.05, 4.69) is 4.74 Å². The second-order valence-corrected chi connectivity index (χ2v) is 3.27. The fourth-order valence-electron chi connectivity index (χ4n) is 1.30. The van der Waals surface area contributed by atoms with Crippen LogP contribution in [0.2, 0.25) is 0 Å². The molecule has 0 amide bonds. The van der Waals surface area contributed by atoms with E-state index in [1.54, 1.807) is 18.2 Å². The van der Waals surface area contributed by atoms with Gasteiger partial charge in [0.15, 0.2) is 0 Å². The second-order valence-electron chi connectivity index (χ2n) is 3.27. The maximum absolute atomic E-state index is 10.9. The van der Waals surface area contributed by atoms with Crippen LogP contribution in [0.1, 0.15) is 15.9 Å². The van der Waals surface area contributed by atoms with Gasteiger partial charge in [0.1, 0.15) is 13.2 Å². The summed E-state index contributed by atoms with van der Waals surface area (Å²) in [6.45, 7) is 0.139. The zero-order chi connectivity index (χ0) is 13.4. The molecule has 7 nitrogen and oxygen atoms in total. The lowest BCUT2D eigenvalue weighted by molar-refractivity contribution is -0.349. The molecule has 0 bridgehead atoms. The van der Waals surface area contributed by atoms with Crippen LogP contribution in [0, 0.1) is 0 Å². The molecule has 7 heteroatoms. The molecule has 0 radical (unpaired) electrons. The number of nitrogens with zero attached hydrogens (tertiary/aromatic N) is 1. The quantitative estimate of drug-likeness (QED) is 0.400. The molecule has 0 fully saturated rings. The molecule has 0 aromatic heterocycles. The van der Waals surface area contributed by atoms with Gasteiger partial charge in [-0.3, -0.25) is 14.8 Å². The molecule has 98 valence electrons. The molecule has 0 aliphatic carbocycles. The Kier molecular flexibility index (Phi) is 5.78. The molecule has 0 heterocycles. The first-order valence-corrected chi connectivity index (χ1v) is 5.11. The number of carboxylic acids is 1. The average Bonchev–Trinajstić information content (AvgIpc) is 2.35. The van der Waals surface area contributed by atoms with Gasteiger partial charge in [-0.05, 0) is 11.6 Å². The van der Waals surface area contributed by atoms with E-state index >= 15 is 0 Å². The van der Waals surface area contributed by atoms with Crippen molar-refractivity contribution in [2.75, 3.05) is 13.2 Å². The van der Waals surface area contributed by atoms with Crippen LogP contribution in [0.15, 0.2) is 24.3 Å². The van der Waals surface area contributed by atoms with Crippen molar-refractivity contribution in [2.24, 2.45) is 0 Å². The summed E-state index contributed by atoms with van der Waals surface area (Å²) in [6, 6.07) is 6.25. The van der Waals surface area contributed by atoms with Gasteiger partial charge in [-0.1, -0.05) is 23.4 Å². The van der Waals surface area contributed by atoms with Crippen molar-refractivity contribution in [3.05, 3.63) is 35.4 Å². The number of hydrogen-bond acceptors (Lipinski definition) is 6. The highest BCUT2D eigenvalue weighted by atomic mass is 16.9. The molecule has 0 aliphatic rings. The molecule has 1 aromatic rings. The summed E-state index contributed by atoms with van der Waals surface area (Å²) in [7, 11) is 0. The third-order valence-electron chi connectivity index (χ3n) is 2.06. The third-order valence-corrected chi connectivity index (χ3v) is 2.06. The number of rotatable bonds is 8. The van der Waals surface area contributed by atoms with Crippen molar-refractivity contribution in [3.63, 3.8) is 0 Å². The number of carbonyl (C=O) groups is 2. The van der Waals surface area contributed by atoms with E-state index in [4.69, 9.17) is 9.94 Å². The molecular weight excluding hydrogens is 242 g/mol. The first-order chi connectivity index (χ1) is 8.65. The molecule has 0 atom stereocenters. The smallest absolute Gasteiger partial charge is 0.336 e. The minimum absolute atomic E-state index is 0.00113.